The molecule has 1 saturated heterocycles. The Morgan fingerprint density at radius 3 is 2.37 bits per heavy atom. The Morgan fingerprint density at radius 2 is 1.70 bits per heavy atom. The zero-order valence-corrected chi connectivity index (χ0v) is 15.7. The number of hydrogen-bond acceptors (Lipinski definition) is 5. The summed E-state index contributed by atoms with van der Waals surface area (Å²) in [5, 5.41) is 7.72. The number of hydrogen-bond donors (Lipinski definition) is 1. The Balaban J connectivity index is 1.63. The third-order valence-electron chi connectivity index (χ3n) is 4.14. The fraction of sp³-hybridized carbons (Fsp3) is 0.200. The summed E-state index contributed by atoms with van der Waals surface area (Å²) in [7, 11) is 0. The van der Waals surface area contributed by atoms with Gasteiger partial charge in [-0.3, -0.25) is 14.5 Å². The van der Waals surface area contributed by atoms with E-state index in [0.29, 0.717) is 0 Å². The van der Waals surface area contributed by atoms with Crippen LogP contribution >= 0.6 is 11.8 Å². The molecule has 0 saturated carbocycles. The predicted molar refractivity (Wildman–Crippen MR) is 108 cm³/mol. The van der Waals surface area contributed by atoms with Crippen LogP contribution in [0.2, 0.25) is 0 Å². The second kappa shape index (κ2) is 8.64. The van der Waals surface area contributed by atoms with E-state index in [9.17, 15) is 9.59 Å². The average molecular weight is 380 g/mol. The van der Waals surface area contributed by atoms with Crippen LogP contribution in [0.1, 0.15) is 24.5 Å². The Bertz CT molecular complexity index is 881. The van der Waals surface area contributed by atoms with Crippen LogP contribution in [0.4, 0.5) is 0 Å². The number of likely N-dealkylation sites (tertiary alicyclic amines) is 1. The van der Waals surface area contributed by atoms with E-state index in [4.69, 9.17) is 5.73 Å². The van der Waals surface area contributed by atoms with Crippen molar-refractivity contribution in [1.82, 2.24) is 4.90 Å². The first-order valence-electron chi connectivity index (χ1n) is 8.52. The third-order valence-corrected chi connectivity index (χ3v) is 5.12. The van der Waals surface area contributed by atoms with Crippen LogP contribution in [0, 0.1) is 0 Å². The van der Waals surface area contributed by atoms with Gasteiger partial charge in [0.25, 0.3) is 0 Å². The van der Waals surface area contributed by atoms with Crippen molar-refractivity contribution in [3.63, 3.8) is 0 Å². The molecule has 1 atom stereocenters. The highest BCUT2D eigenvalue weighted by Crippen LogP contribution is 2.26. The summed E-state index contributed by atoms with van der Waals surface area (Å²) in [5.41, 5.74) is 8.49. The molecule has 27 heavy (non-hydrogen) atoms. The van der Waals surface area contributed by atoms with Gasteiger partial charge in [0.2, 0.25) is 11.8 Å². The van der Waals surface area contributed by atoms with Crippen molar-refractivity contribution < 1.29 is 9.59 Å². The third kappa shape index (κ3) is 4.83. The van der Waals surface area contributed by atoms with Gasteiger partial charge in [0.15, 0.2) is 5.17 Å². The number of nitrogens with two attached hydrogens (primary N) is 1. The molecule has 0 aliphatic carbocycles. The number of amidine groups is 1. The summed E-state index contributed by atoms with van der Waals surface area (Å²) < 4.78 is 0. The van der Waals surface area contributed by atoms with Gasteiger partial charge in [-0.1, -0.05) is 72.4 Å². The molecular formula is C20H20N4O2S. The molecule has 1 aliphatic heterocycles. The molecule has 2 aromatic rings. The minimum atomic E-state index is -0.558. The minimum Gasteiger partial charge on any atom is -0.377 e. The maximum atomic E-state index is 12.6. The van der Waals surface area contributed by atoms with Crippen LogP contribution in [-0.4, -0.2) is 32.8 Å². The molecule has 2 amide bonds. The van der Waals surface area contributed by atoms with E-state index >= 15 is 0 Å². The Kier molecular flexibility index (Phi) is 6.03. The van der Waals surface area contributed by atoms with E-state index in [-0.39, 0.29) is 29.9 Å². The van der Waals surface area contributed by atoms with Crippen molar-refractivity contribution in [2.24, 2.45) is 15.9 Å². The number of benzene rings is 2. The number of carbonyl (C=O) groups excluding carboxylic acids is 2. The molecule has 1 unspecified atom stereocenters. The molecule has 1 aliphatic rings. The van der Waals surface area contributed by atoms with Gasteiger partial charge in [-0.15, -0.1) is 5.10 Å². The summed E-state index contributed by atoms with van der Waals surface area (Å²) in [4.78, 5) is 26.0. The molecule has 6 nitrogen and oxygen atoms in total. The van der Waals surface area contributed by atoms with Crippen molar-refractivity contribution in [2.45, 2.75) is 25.1 Å². The average Bonchev–Trinajstić information content (AvgIpc) is 2.95. The molecule has 0 radical (unpaired) electrons. The quantitative estimate of drug-likeness (QED) is 0.374. The molecule has 138 valence electrons. The van der Waals surface area contributed by atoms with E-state index in [1.54, 1.807) is 0 Å². The van der Waals surface area contributed by atoms with E-state index < -0.39 is 5.25 Å². The van der Waals surface area contributed by atoms with Crippen molar-refractivity contribution in [1.29, 1.82) is 0 Å². The van der Waals surface area contributed by atoms with Gasteiger partial charge in [-0.2, -0.15) is 5.10 Å². The fourth-order valence-electron chi connectivity index (χ4n) is 2.71. The molecule has 0 spiro atoms. The van der Waals surface area contributed by atoms with E-state index in [1.807, 2.05) is 67.6 Å². The number of carbonyl (C=O) groups is 2. The number of rotatable bonds is 5. The molecule has 2 N–H and O–H groups in total. The molecule has 0 aromatic heterocycles. The summed E-state index contributed by atoms with van der Waals surface area (Å²) in [6.07, 6.45) is 0.119. The molecule has 0 bridgehead atoms. The molecule has 2 aromatic carbocycles. The van der Waals surface area contributed by atoms with Crippen molar-refractivity contribution in [2.75, 3.05) is 0 Å². The Labute approximate surface area is 162 Å². The molecule has 1 fully saturated rings. The first-order valence-corrected chi connectivity index (χ1v) is 9.40. The zero-order valence-electron chi connectivity index (χ0n) is 14.9. The van der Waals surface area contributed by atoms with Crippen LogP contribution in [0.5, 0.6) is 0 Å². The predicted octanol–water partition coefficient (Wildman–Crippen LogP) is 2.79. The minimum absolute atomic E-state index is 0.119. The Morgan fingerprint density at radius 1 is 1.07 bits per heavy atom. The van der Waals surface area contributed by atoms with Gasteiger partial charge in [0, 0.05) is 6.42 Å². The molecule has 3 rings (SSSR count). The van der Waals surface area contributed by atoms with Crippen LogP contribution in [0.3, 0.4) is 0 Å². The SMILES string of the molecule is CC(=NN=C(N)SC1CC(=O)N(Cc2ccccc2)C1=O)c1ccccc1. The second-order valence-electron chi connectivity index (χ2n) is 6.10. The van der Waals surface area contributed by atoms with Crippen molar-refractivity contribution in [3.8, 4) is 0 Å². The number of nitrogens with zero attached hydrogens (tertiary/aromatic N) is 3. The molecular weight excluding hydrogens is 360 g/mol. The standard InChI is InChI=1S/C20H20N4O2S/c1-14(16-10-6-3-7-11-16)22-23-20(21)27-17-12-18(25)24(19(17)26)13-15-8-4-2-5-9-15/h2-11,17H,12-13H2,1H3,(H2,21,23). The summed E-state index contributed by atoms with van der Waals surface area (Å²) >= 11 is 1.08. The number of imide groups is 1. The van der Waals surface area contributed by atoms with Crippen LogP contribution < -0.4 is 5.73 Å². The van der Waals surface area contributed by atoms with Gasteiger partial charge < -0.3 is 5.73 Å². The van der Waals surface area contributed by atoms with Crippen LogP contribution in [0.25, 0.3) is 0 Å². The van der Waals surface area contributed by atoms with Gasteiger partial charge in [-0.25, -0.2) is 0 Å². The second-order valence-corrected chi connectivity index (χ2v) is 7.33. The lowest BCUT2D eigenvalue weighted by Crippen LogP contribution is -2.31. The maximum absolute atomic E-state index is 12.6. The normalized spacial score (nSPS) is 18.3. The fourth-order valence-corrected chi connectivity index (χ4v) is 3.54. The van der Waals surface area contributed by atoms with Crippen LogP contribution in [-0.2, 0) is 16.1 Å². The van der Waals surface area contributed by atoms with Crippen molar-refractivity contribution in [3.05, 3.63) is 71.8 Å². The van der Waals surface area contributed by atoms with E-state index in [1.165, 1.54) is 4.90 Å². The van der Waals surface area contributed by atoms with Gasteiger partial charge in [0.1, 0.15) is 5.25 Å². The van der Waals surface area contributed by atoms with Gasteiger partial charge in [0.05, 0.1) is 12.3 Å². The highest BCUT2D eigenvalue weighted by molar-refractivity contribution is 8.14. The highest BCUT2D eigenvalue weighted by atomic mass is 32.2. The van der Waals surface area contributed by atoms with Gasteiger partial charge in [-0.05, 0) is 18.1 Å². The number of thioether (sulfide) groups is 1. The number of amides is 2. The largest absolute Gasteiger partial charge is 0.377 e. The lowest BCUT2D eigenvalue weighted by molar-refractivity contribution is -0.138. The monoisotopic (exact) mass is 380 g/mol. The summed E-state index contributed by atoms with van der Waals surface area (Å²) in [6, 6.07) is 19.0. The van der Waals surface area contributed by atoms with E-state index in [2.05, 4.69) is 10.2 Å². The maximum Gasteiger partial charge on any atom is 0.243 e. The summed E-state index contributed by atoms with van der Waals surface area (Å²) in [6.45, 7) is 2.11. The zero-order chi connectivity index (χ0) is 19.2. The first kappa shape index (κ1) is 18.8. The lowest BCUT2D eigenvalue weighted by atomic mass is 10.1. The molecule has 7 heteroatoms. The van der Waals surface area contributed by atoms with Gasteiger partial charge >= 0.3 is 0 Å². The smallest absolute Gasteiger partial charge is 0.243 e. The highest BCUT2D eigenvalue weighted by Gasteiger charge is 2.39. The Hall–Kier alpha value is -2.93. The van der Waals surface area contributed by atoms with Crippen molar-refractivity contribution >= 4 is 34.5 Å². The summed E-state index contributed by atoms with van der Waals surface area (Å²) in [5.74, 6) is -0.436. The molecule has 1 heterocycles. The first-order chi connectivity index (χ1) is 13.0. The topological polar surface area (TPSA) is 88.1 Å². The van der Waals surface area contributed by atoms with E-state index in [0.717, 1.165) is 28.6 Å². The lowest BCUT2D eigenvalue weighted by Gasteiger charge is -2.14. The van der Waals surface area contributed by atoms with Crippen LogP contribution in [0.15, 0.2) is 70.9 Å².